The molecule has 2 N–H and O–H groups in total. The van der Waals surface area contributed by atoms with E-state index in [0.29, 0.717) is 31.3 Å². The third kappa shape index (κ3) is 4.92. The van der Waals surface area contributed by atoms with Gasteiger partial charge in [0.2, 0.25) is 0 Å². The Morgan fingerprint density at radius 1 is 1.19 bits per heavy atom. The molecule has 0 saturated carbocycles. The molecule has 2 nitrogen and oxygen atoms in total. The first-order chi connectivity index (χ1) is 9.95. The Balaban J connectivity index is 1.97. The van der Waals surface area contributed by atoms with Gasteiger partial charge in [0.25, 0.3) is 0 Å². The Kier molecular flexibility index (Phi) is 5.98. The van der Waals surface area contributed by atoms with E-state index in [0.717, 1.165) is 5.56 Å². The molecular weight excluding hydrogens is 442 g/mol. The van der Waals surface area contributed by atoms with Gasteiger partial charge in [-0.1, -0.05) is 39.7 Å². The average Bonchev–Trinajstić information content (AvgIpc) is 2.42. The van der Waals surface area contributed by atoms with Crippen LogP contribution in [0.3, 0.4) is 0 Å². The molecule has 0 amide bonds. The quantitative estimate of drug-likeness (QED) is 0.602. The lowest BCUT2D eigenvalue weighted by molar-refractivity contribution is 0.630. The summed E-state index contributed by atoms with van der Waals surface area (Å²) < 4.78 is 15.1. The molecule has 21 heavy (non-hydrogen) atoms. The monoisotopic (exact) mass is 450 g/mol. The summed E-state index contributed by atoms with van der Waals surface area (Å²) >= 11 is 17.5. The van der Waals surface area contributed by atoms with Crippen LogP contribution in [0.2, 0.25) is 5.02 Å². The summed E-state index contributed by atoms with van der Waals surface area (Å²) in [5.41, 5.74) is 1.32. The summed E-state index contributed by atoms with van der Waals surface area (Å²) in [4.78, 5) is 0. The van der Waals surface area contributed by atoms with Crippen molar-refractivity contribution in [1.82, 2.24) is 5.32 Å². The van der Waals surface area contributed by atoms with Gasteiger partial charge in [-0.25, -0.2) is 4.39 Å². The maximum absolute atomic E-state index is 13.9. The van der Waals surface area contributed by atoms with E-state index < -0.39 is 5.82 Å². The maximum Gasteiger partial charge on any atom is 0.171 e. The molecule has 0 radical (unpaired) electrons. The number of thiocarbonyl (C=S) groups is 1. The predicted octanol–water partition coefficient (Wildman–Crippen LogP) is 5.49. The van der Waals surface area contributed by atoms with Crippen LogP contribution in [0.5, 0.6) is 0 Å². The summed E-state index contributed by atoms with van der Waals surface area (Å²) in [5, 5.41) is 6.87. The van der Waals surface area contributed by atoms with Crippen molar-refractivity contribution >= 4 is 66.5 Å². The van der Waals surface area contributed by atoms with Crippen LogP contribution < -0.4 is 10.6 Å². The summed E-state index contributed by atoms with van der Waals surface area (Å²) in [7, 11) is 0. The number of anilines is 1. The second kappa shape index (κ2) is 7.54. The molecule has 0 aliphatic rings. The number of hydrogen-bond acceptors (Lipinski definition) is 1. The van der Waals surface area contributed by atoms with E-state index in [4.69, 9.17) is 23.8 Å². The Hall–Kier alpha value is -0.690. The minimum absolute atomic E-state index is 0.298. The van der Waals surface area contributed by atoms with Crippen LogP contribution in [0.4, 0.5) is 10.1 Å². The Morgan fingerprint density at radius 2 is 1.86 bits per heavy atom. The zero-order chi connectivity index (χ0) is 15.4. The third-order valence-corrected chi connectivity index (χ3v) is 4.19. The molecule has 0 heterocycles. The lowest BCUT2D eigenvalue weighted by atomic mass is 10.2. The van der Waals surface area contributed by atoms with E-state index in [-0.39, 0.29) is 0 Å². The molecule has 110 valence electrons. The van der Waals surface area contributed by atoms with Gasteiger partial charge in [-0.15, -0.1) is 0 Å². The van der Waals surface area contributed by atoms with E-state index in [9.17, 15) is 4.39 Å². The van der Waals surface area contributed by atoms with Gasteiger partial charge in [0, 0.05) is 20.5 Å². The number of nitrogens with one attached hydrogen (secondary N) is 2. The molecule has 0 aliphatic heterocycles. The lowest BCUT2D eigenvalue weighted by Gasteiger charge is -2.13. The van der Waals surface area contributed by atoms with Crippen molar-refractivity contribution in [2.24, 2.45) is 0 Å². The molecule has 0 aromatic heterocycles. The molecule has 0 fully saturated rings. The number of halogens is 4. The minimum Gasteiger partial charge on any atom is -0.358 e. The molecule has 7 heteroatoms. The first-order valence-electron chi connectivity index (χ1n) is 5.89. The van der Waals surface area contributed by atoms with Crippen molar-refractivity contribution in [3.8, 4) is 0 Å². The highest BCUT2D eigenvalue weighted by Gasteiger charge is 2.10. The molecule has 2 aromatic rings. The molecule has 0 aliphatic carbocycles. The van der Waals surface area contributed by atoms with Crippen LogP contribution in [0.25, 0.3) is 0 Å². The number of benzene rings is 2. The fraction of sp³-hybridized carbons (Fsp3) is 0.0714. The van der Waals surface area contributed by atoms with Crippen molar-refractivity contribution in [2.45, 2.75) is 6.54 Å². The molecule has 2 aromatic carbocycles. The van der Waals surface area contributed by atoms with Gasteiger partial charge in [-0.3, -0.25) is 0 Å². The third-order valence-electron chi connectivity index (χ3n) is 2.61. The zero-order valence-corrected chi connectivity index (χ0v) is 15.3. The summed E-state index contributed by atoms with van der Waals surface area (Å²) in [6, 6.07) is 10.5. The van der Waals surface area contributed by atoms with Crippen LogP contribution in [-0.4, -0.2) is 5.11 Å². The normalized spacial score (nSPS) is 10.3. The molecule has 0 atom stereocenters. The Bertz CT molecular complexity index is 642. The van der Waals surface area contributed by atoms with Crippen LogP contribution in [0.1, 0.15) is 5.56 Å². The van der Waals surface area contributed by atoms with E-state index >= 15 is 0 Å². The second-order valence-electron chi connectivity index (χ2n) is 4.18. The molecule has 0 spiro atoms. The van der Waals surface area contributed by atoms with Crippen molar-refractivity contribution in [1.29, 1.82) is 0 Å². The Morgan fingerprint density at radius 3 is 2.48 bits per heavy atom. The summed E-state index contributed by atoms with van der Waals surface area (Å²) in [6.45, 7) is 0.527. The van der Waals surface area contributed by atoms with Crippen molar-refractivity contribution < 1.29 is 4.39 Å². The van der Waals surface area contributed by atoms with Gasteiger partial charge in [0.15, 0.2) is 5.11 Å². The van der Waals surface area contributed by atoms with Crippen molar-refractivity contribution in [2.75, 3.05) is 5.32 Å². The van der Waals surface area contributed by atoms with Gasteiger partial charge in [0.1, 0.15) is 5.82 Å². The maximum atomic E-state index is 13.9. The van der Waals surface area contributed by atoms with E-state index in [1.807, 2.05) is 12.1 Å². The van der Waals surface area contributed by atoms with E-state index in [1.165, 1.54) is 6.07 Å². The predicted molar refractivity (Wildman–Crippen MR) is 96.3 cm³/mol. The SMILES string of the molecule is Fc1cc(Br)cc(Br)c1NC(=S)NCc1ccc(Cl)cc1. The standard InChI is InChI=1S/C14H10Br2ClFN2S/c15-9-5-11(16)13(12(18)6-9)20-14(21)19-7-8-1-3-10(17)4-2-8/h1-6H,7H2,(H2,19,20,21). The molecule has 2 rings (SSSR count). The highest BCUT2D eigenvalue weighted by atomic mass is 79.9. The lowest BCUT2D eigenvalue weighted by Crippen LogP contribution is -2.28. The highest BCUT2D eigenvalue weighted by molar-refractivity contribution is 9.11. The summed E-state index contributed by atoms with van der Waals surface area (Å²) in [5.74, 6) is -0.396. The topological polar surface area (TPSA) is 24.1 Å². The van der Waals surface area contributed by atoms with Gasteiger partial charge in [-0.2, -0.15) is 0 Å². The van der Waals surface area contributed by atoms with Gasteiger partial charge in [-0.05, 0) is 58.0 Å². The first-order valence-corrected chi connectivity index (χ1v) is 8.27. The van der Waals surface area contributed by atoms with E-state index in [2.05, 4.69) is 42.5 Å². The van der Waals surface area contributed by atoms with Crippen molar-refractivity contribution in [3.63, 3.8) is 0 Å². The van der Waals surface area contributed by atoms with Gasteiger partial charge < -0.3 is 10.6 Å². The fourth-order valence-electron chi connectivity index (χ4n) is 1.60. The zero-order valence-electron chi connectivity index (χ0n) is 10.6. The summed E-state index contributed by atoms with van der Waals surface area (Å²) in [6.07, 6.45) is 0. The van der Waals surface area contributed by atoms with Gasteiger partial charge in [0.05, 0.1) is 5.69 Å². The largest absolute Gasteiger partial charge is 0.358 e. The smallest absolute Gasteiger partial charge is 0.171 e. The molecule has 0 bridgehead atoms. The van der Waals surface area contributed by atoms with Gasteiger partial charge >= 0.3 is 0 Å². The molecular formula is C14H10Br2ClFN2S. The fourth-order valence-corrected chi connectivity index (χ4v) is 3.18. The average molecular weight is 453 g/mol. The number of rotatable bonds is 3. The number of hydrogen-bond donors (Lipinski definition) is 2. The van der Waals surface area contributed by atoms with Crippen LogP contribution in [0.15, 0.2) is 45.3 Å². The highest BCUT2D eigenvalue weighted by Crippen LogP contribution is 2.29. The van der Waals surface area contributed by atoms with Crippen LogP contribution in [-0.2, 0) is 6.54 Å². The van der Waals surface area contributed by atoms with Crippen LogP contribution in [0, 0.1) is 5.82 Å². The Labute approximate surface area is 149 Å². The van der Waals surface area contributed by atoms with E-state index in [1.54, 1.807) is 18.2 Å². The van der Waals surface area contributed by atoms with Crippen molar-refractivity contribution in [3.05, 3.63) is 61.7 Å². The van der Waals surface area contributed by atoms with Crippen LogP contribution >= 0.6 is 55.7 Å². The molecule has 0 unspecified atom stereocenters. The molecule has 0 saturated heterocycles. The first kappa shape index (κ1) is 16.7. The minimum atomic E-state index is -0.396. The second-order valence-corrected chi connectivity index (χ2v) is 6.79.